The first-order valence-electron chi connectivity index (χ1n) is 10.9. The van der Waals surface area contributed by atoms with Crippen LogP contribution in [-0.2, 0) is 4.76 Å². The second kappa shape index (κ2) is 8.76. The standard InChI is InChI=1S/C25H21BClN3O5/c1-12-8-17(24-18(9-12)23(31)13(2)25(32)34-24)14(3)29-20-6-7-21(27)30-22(20)15-4-5-19-16(10-15)11-28-35-26(19)33/h4-11,14,29,31,33H,1-3H3/t14-/m1/s1. The minimum Gasteiger partial charge on any atom is -0.507 e. The summed E-state index contributed by atoms with van der Waals surface area (Å²) in [6.45, 7) is 5.37. The molecule has 0 radical (unpaired) electrons. The van der Waals surface area contributed by atoms with E-state index >= 15 is 0 Å². The summed E-state index contributed by atoms with van der Waals surface area (Å²) in [5.74, 6) is -0.0795. The Balaban J connectivity index is 1.58. The lowest BCUT2D eigenvalue weighted by atomic mass is 9.75. The van der Waals surface area contributed by atoms with E-state index in [4.69, 9.17) is 20.8 Å². The Morgan fingerprint density at radius 3 is 2.74 bits per heavy atom. The third kappa shape index (κ3) is 4.13. The quantitative estimate of drug-likeness (QED) is 0.225. The largest absolute Gasteiger partial charge is 0.583 e. The van der Waals surface area contributed by atoms with Crippen molar-refractivity contribution in [1.82, 2.24) is 4.98 Å². The van der Waals surface area contributed by atoms with Gasteiger partial charge in [-0.1, -0.05) is 29.8 Å². The summed E-state index contributed by atoms with van der Waals surface area (Å²) in [4.78, 5) is 16.8. The fraction of sp³-hybridized carbons (Fsp3) is 0.160. The predicted octanol–water partition coefficient (Wildman–Crippen LogP) is 4.06. The molecule has 1 aliphatic heterocycles. The highest BCUT2D eigenvalue weighted by Crippen LogP contribution is 2.35. The molecule has 2 aromatic heterocycles. The topological polar surface area (TPSA) is 117 Å². The summed E-state index contributed by atoms with van der Waals surface area (Å²) in [5.41, 5.74) is 4.90. The maximum absolute atomic E-state index is 12.3. The monoisotopic (exact) mass is 489 g/mol. The molecule has 8 nitrogen and oxygen atoms in total. The molecule has 35 heavy (non-hydrogen) atoms. The molecule has 1 atom stereocenters. The van der Waals surface area contributed by atoms with Crippen LogP contribution < -0.4 is 16.4 Å². The van der Waals surface area contributed by atoms with E-state index in [0.717, 1.165) is 11.1 Å². The van der Waals surface area contributed by atoms with Crippen LogP contribution >= 0.6 is 11.6 Å². The second-order valence-corrected chi connectivity index (χ2v) is 8.91. The Bertz CT molecular complexity index is 1570. The molecule has 0 saturated carbocycles. The minimum absolute atomic E-state index is 0.0795. The van der Waals surface area contributed by atoms with Gasteiger partial charge in [-0.05, 0) is 56.2 Å². The summed E-state index contributed by atoms with van der Waals surface area (Å²) in [6.07, 6.45) is 1.53. The third-order valence-electron chi connectivity index (χ3n) is 6.05. The molecule has 2 aromatic carbocycles. The number of halogens is 1. The van der Waals surface area contributed by atoms with Gasteiger partial charge in [-0.25, -0.2) is 9.78 Å². The summed E-state index contributed by atoms with van der Waals surface area (Å²) >= 11 is 6.23. The SMILES string of the molecule is Cc1cc([C@@H](C)Nc2ccc(Cl)nc2-c2ccc3c(c2)C=NOB3O)c2oc(=O)c(C)c(O)c2c1. The zero-order valence-electron chi connectivity index (χ0n) is 19.2. The number of anilines is 1. The van der Waals surface area contributed by atoms with Gasteiger partial charge in [-0.15, -0.1) is 5.16 Å². The van der Waals surface area contributed by atoms with Crippen molar-refractivity contribution in [2.75, 3.05) is 5.32 Å². The average molecular weight is 490 g/mol. The maximum atomic E-state index is 12.3. The van der Waals surface area contributed by atoms with Gasteiger partial charge in [0.2, 0.25) is 0 Å². The Kier molecular flexibility index (Phi) is 5.74. The van der Waals surface area contributed by atoms with Crippen molar-refractivity contribution in [2.24, 2.45) is 5.16 Å². The first kappa shape index (κ1) is 23.0. The molecule has 0 amide bonds. The van der Waals surface area contributed by atoms with Crippen LogP contribution in [0.25, 0.3) is 22.2 Å². The summed E-state index contributed by atoms with van der Waals surface area (Å²) in [5, 5.41) is 28.5. The highest BCUT2D eigenvalue weighted by molar-refractivity contribution is 6.62. The van der Waals surface area contributed by atoms with E-state index in [1.807, 2.05) is 38.1 Å². The van der Waals surface area contributed by atoms with E-state index < -0.39 is 12.7 Å². The number of benzene rings is 2. The van der Waals surface area contributed by atoms with E-state index in [-0.39, 0.29) is 17.4 Å². The Morgan fingerprint density at radius 2 is 1.94 bits per heavy atom. The molecule has 10 heteroatoms. The van der Waals surface area contributed by atoms with Crippen LogP contribution in [0.15, 0.2) is 56.8 Å². The van der Waals surface area contributed by atoms with Crippen LogP contribution in [0.5, 0.6) is 5.75 Å². The summed E-state index contributed by atoms with van der Waals surface area (Å²) in [7, 11) is -1.13. The van der Waals surface area contributed by atoms with Crippen LogP contribution in [-0.4, -0.2) is 28.4 Å². The number of hydrogen-bond donors (Lipinski definition) is 3. The lowest BCUT2D eigenvalue weighted by molar-refractivity contribution is 0.286. The zero-order valence-corrected chi connectivity index (χ0v) is 19.9. The van der Waals surface area contributed by atoms with Crippen LogP contribution in [0.4, 0.5) is 5.69 Å². The molecule has 3 heterocycles. The smallest absolute Gasteiger partial charge is 0.507 e. The molecule has 0 fully saturated rings. The van der Waals surface area contributed by atoms with Gasteiger partial charge in [0.05, 0.1) is 34.6 Å². The van der Waals surface area contributed by atoms with Gasteiger partial charge in [-0.3, -0.25) is 0 Å². The molecular formula is C25H21BClN3O5. The predicted molar refractivity (Wildman–Crippen MR) is 137 cm³/mol. The van der Waals surface area contributed by atoms with Gasteiger partial charge >= 0.3 is 12.7 Å². The lowest BCUT2D eigenvalue weighted by Crippen LogP contribution is -2.37. The van der Waals surface area contributed by atoms with E-state index in [2.05, 4.69) is 15.5 Å². The molecule has 0 saturated heterocycles. The number of aryl methyl sites for hydroxylation is 1. The van der Waals surface area contributed by atoms with Crippen molar-refractivity contribution in [3.8, 4) is 17.0 Å². The first-order valence-corrected chi connectivity index (χ1v) is 11.3. The van der Waals surface area contributed by atoms with Crippen molar-refractivity contribution < 1.29 is 19.3 Å². The van der Waals surface area contributed by atoms with Crippen LogP contribution in [0.2, 0.25) is 5.15 Å². The number of aromatic nitrogens is 1. The van der Waals surface area contributed by atoms with Crippen LogP contribution in [0.3, 0.4) is 0 Å². The fourth-order valence-corrected chi connectivity index (χ4v) is 4.37. The fourth-order valence-electron chi connectivity index (χ4n) is 4.22. The van der Waals surface area contributed by atoms with Gasteiger partial charge < -0.3 is 24.6 Å². The molecule has 4 aromatic rings. The number of pyridine rings is 1. The molecule has 0 unspecified atom stereocenters. The number of fused-ring (bicyclic) bond motifs is 2. The van der Waals surface area contributed by atoms with E-state index in [1.165, 1.54) is 13.1 Å². The van der Waals surface area contributed by atoms with Crippen molar-refractivity contribution in [3.05, 3.63) is 80.3 Å². The van der Waals surface area contributed by atoms with E-state index in [0.29, 0.717) is 44.1 Å². The number of aromatic hydroxyl groups is 1. The highest BCUT2D eigenvalue weighted by Gasteiger charge is 2.26. The van der Waals surface area contributed by atoms with Crippen LogP contribution in [0.1, 0.15) is 35.2 Å². The highest BCUT2D eigenvalue weighted by atomic mass is 35.5. The lowest BCUT2D eigenvalue weighted by Gasteiger charge is -2.21. The average Bonchev–Trinajstić information content (AvgIpc) is 2.84. The molecule has 176 valence electrons. The molecule has 0 spiro atoms. The number of nitrogens with one attached hydrogen (secondary N) is 1. The Labute approximate surface area is 206 Å². The summed E-state index contributed by atoms with van der Waals surface area (Å²) < 4.78 is 10.5. The van der Waals surface area contributed by atoms with Crippen molar-refractivity contribution in [3.63, 3.8) is 0 Å². The normalized spacial score (nSPS) is 13.5. The van der Waals surface area contributed by atoms with Crippen LogP contribution in [0, 0.1) is 13.8 Å². The molecule has 3 N–H and O–H groups in total. The Hall–Kier alpha value is -3.82. The molecule has 0 bridgehead atoms. The molecular weight excluding hydrogens is 469 g/mol. The first-order chi connectivity index (χ1) is 16.7. The van der Waals surface area contributed by atoms with Gasteiger partial charge in [0, 0.05) is 16.6 Å². The van der Waals surface area contributed by atoms with Crippen molar-refractivity contribution >= 4 is 47.1 Å². The van der Waals surface area contributed by atoms with Crippen molar-refractivity contribution in [1.29, 1.82) is 0 Å². The van der Waals surface area contributed by atoms with E-state index in [9.17, 15) is 14.9 Å². The zero-order chi connectivity index (χ0) is 24.9. The number of hydrogen-bond acceptors (Lipinski definition) is 8. The summed E-state index contributed by atoms with van der Waals surface area (Å²) in [6, 6.07) is 12.3. The van der Waals surface area contributed by atoms with Gasteiger partial charge in [-0.2, -0.15) is 0 Å². The van der Waals surface area contributed by atoms with Gasteiger partial charge in [0.25, 0.3) is 0 Å². The number of nitrogens with zero attached hydrogens (tertiary/aromatic N) is 2. The number of rotatable bonds is 4. The van der Waals surface area contributed by atoms with E-state index in [1.54, 1.807) is 18.2 Å². The third-order valence-corrected chi connectivity index (χ3v) is 6.26. The van der Waals surface area contributed by atoms with Crippen molar-refractivity contribution in [2.45, 2.75) is 26.8 Å². The minimum atomic E-state index is -1.13. The second-order valence-electron chi connectivity index (χ2n) is 8.53. The molecule has 1 aliphatic rings. The van der Waals surface area contributed by atoms with Gasteiger partial charge in [0.15, 0.2) is 0 Å². The van der Waals surface area contributed by atoms with Gasteiger partial charge in [0.1, 0.15) is 16.5 Å². The number of oxime groups is 1. The maximum Gasteiger partial charge on any atom is 0.583 e. The molecule has 5 rings (SSSR count). The molecule has 0 aliphatic carbocycles. The Morgan fingerprint density at radius 1 is 1.14 bits per heavy atom.